The molecule has 0 bridgehead atoms. The van der Waals surface area contributed by atoms with Gasteiger partial charge in [0.2, 0.25) is 0 Å². The molecule has 2 aromatic heterocycles. The Morgan fingerprint density at radius 1 is 1.15 bits per heavy atom. The molecule has 0 atom stereocenters. The number of amides is 1. The Balaban J connectivity index is 1.39. The van der Waals surface area contributed by atoms with Crippen LogP contribution in [0, 0.1) is 6.92 Å². The molecule has 5 nitrogen and oxygen atoms in total. The molecule has 1 amide bonds. The zero-order chi connectivity index (χ0) is 18.6. The Morgan fingerprint density at radius 2 is 2.04 bits per heavy atom. The van der Waals surface area contributed by atoms with Crippen LogP contribution in [-0.4, -0.2) is 52.1 Å². The van der Waals surface area contributed by atoms with Gasteiger partial charge in [-0.15, -0.1) is 11.3 Å². The van der Waals surface area contributed by atoms with Crippen LogP contribution in [0.2, 0.25) is 0 Å². The van der Waals surface area contributed by atoms with Crippen molar-refractivity contribution >= 4 is 17.2 Å². The van der Waals surface area contributed by atoms with Gasteiger partial charge >= 0.3 is 0 Å². The van der Waals surface area contributed by atoms with Crippen LogP contribution in [0.5, 0.6) is 0 Å². The Bertz CT molecular complexity index is 903. The van der Waals surface area contributed by atoms with Gasteiger partial charge in [0, 0.05) is 32.7 Å². The van der Waals surface area contributed by atoms with Gasteiger partial charge in [-0.3, -0.25) is 14.8 Å². The summed E-state index contributed by atoms with van der Waals surface area (Å²) in [4.78, 5) is 18.4. The van der Waals surface area contributed by atoms with Crippen molar-refractivity contribution in [1.29, 1.82) is 0 Å². The molecule has 6 heteroatoms. The first-order chi connectivity index (χ1) is 13.2. The van der Waals surface area contributed by atoms with Crippen molar-refractivity contribution in [3.63, 3.8) is 0 Å². The second-order valence-electron chi connectivity index (χ2n) is 6.99. The summed E-state index contributed by atoms with van der Waals surface area (Å²) in [7, 11) is 0. The van der Waals surface area contributed by atoms with Crippen LogP contribution < -0.4 is 0 Å². The lowest BCUT2D eigenvalue weighted by Gasteiger charge is -2.22. The van der Waals surface area contributed by atoms with Crippen molar-refractivity contribution in [2.24, 2.45) is 0 Å². The number of nitrogens with zero attached hydrogens (tertiary/aromatic N) is 3. The second-order valence-corrected chi connectivity index (χ2v) is 7.94. The molecule has 3 aromatic rings. The zero-order valence-electron chi connectivity index (χ0n) is 15.5. The predicted octanol–water partition coefficient (Wildman–Crippen LogP) is 3.79. The summed E-state index contributed by atoms with van der Waals surface area (Å²) in [5.41, 5.74) is 4.10. The van der Waals surface area contributed by atoms with Crippen LogP contribution in [-0.2, 0) is 6.54 Å². The molecular weight excluding hydrogens is 356 g/mol. The molecule has 1 aromatic carbocycles. The number of carbonyl (C=O) groups excluding carboxylic acids is 1. The quantitative estimate of drug-likeness (QED) is 0.749. The van der Waals surface area contributed by atoms with Crippen molar-refractivity contribution in [2.75, 3.05) is 26.2 Å². The molecule has 0 aliphatic carbocycles. The Morgan fingerprint density at radius 3 is 2.85 bits per heavy atom. The molecule has 1 saturated heterocycles. The molecular formula is C21H24N4OS. The molecule has 3 heterocycles. The zero-order valence-corrected chi connectivity index (χ0v) is 16.3. The van der Waals surface area contributed by atoms with E-state index in [1.54, 1.807) is 11.3 Å². The standard InChI is InChI=1S/C21H24N4OS/c1-16-6-2-3-7-17(16)15-24-9-5-10-25(12-11-24)21(26)19-14-18(22-23-19)20-8-4-13-27-20/h2-4,6-8,13-14H,5,9-12,15H2,1H3,(H,22,23). The fraction of sp³-hybridized carbons (Fsp3) is 0.333. The average molecular weight is 381 g/mol. The second kappa shape index (κ2) is 8.06. The van der Waals surface area contributed by atoms with Crippen LogP contribution >= 0.6 is 11.3 Å². The van der Waals surface area contributed by atoms with Crippen LogP contribution in [0.1, 0.15) is 28.0 Å². The van der Waals surface area contributed by atoms with E-state index in [-0.39, 0.29) is 5.91 Å². The number of H-pyrrole nitrogens is 1. The summed E-state index contributed by atoms with van der Waals surface area (Å²) in [5, 5.41) is 9.27. The number of rotatable bonds is 4. The summed E-state index contributed by atoms with van der Waals surface area (Å²) in [5.74, 6) is 0.0202. The molecule has 0 saturated carbocycles. The van der Waals surface area contributed by atoms with Crippen molar-refractivity contribution in [2.45, 2.75) is 19.9 Å². The normalized spacial score (nSPS) is 15.7. The van der Waals surface area contributed by atoms with Crippen molar-refractivity contribution in [3.8, 4) is 10.6 Å². The van der Waals surface area contributed by atoms with Crippen molar-refractivity contribution < 1.29 is 4.79 Å². The molecule has 0 unspecified atom stereocenters. The van der Waals surface area contributed by atoms with Crippen LogP contribution in [0.3, 0.4) is 0 Å². The number of nitrogens with one attached hydrogen (secondary N) is 1. The van der Waals surface area contributed by atoms with Gasteiger partial charge in [-0.05, 0) is 42.0 Å². The maximum absolute atomic E-state index is 12.9. The van der Waals surface area contributed by atoms with Gasteiger partial charge in [-0.2, -0.15) is 5.10 Å². The monoisotopic (exact) mass is 380 g/mol. The van der Waals surface area contributed by atoms with Crippen LogP contribution in [0.4, 0.5) is 0 Å². The lowest BCUT2D eigenvalue weighted by Crippen LogP contribution is -2.35. The summed E-state index contributed by atoms with van der Waals surface area (Å²) in [6.07, 6.45) is 0.986. The van der Waals surface area contributed by atoms with Gasteiger partial charge in [-0.1, -0.05) is 30.3 Å². The number of thiophene rings is 1. The van der Waals surface area contributed by atoms with E-state index in [1.807, 2.05) is 28.5 Å². The summed E-state index contributed by atoms with van der Waals surface area (Å²) in [6.45, 7) is 6.53. The molecule has 1 aliphatic heterocycles. The minimum atomic E-state index is 0.0202. The minimum Gasteiger partial charge on any atom is -0.336 e. The Labute approximate surface area is 163 Å². The maximum atomic E-state index is 12.9. The topological polar surface area (TPSA) is 52.2 Å². The first-order valence-corrected chi connectivity index (χ1v) is 10.2. The third kappa shape index (κ3) is 4.12. The number of aromatic nitrogens is 2. The van der Waals surface area contributed by atoms with Crippen molar-refractivity contribution in [3.05, 3.63) is 64.7 Å². The van der Waals surface area contributed by atoms with Gasteiger partial charge in [0.15, 0.2) is 5.69 Å². The predicted molar refractivity (Wildman–Crippen MR) is 109 cm³/mol. The van der Waals surface area contributed by atoms with Gasteiger partial charge in [-0.25, -0.2) is 0 Å². The SMILES string of the molecule is Cc1ccccc1CN1CCCN(C(=O)c2cc(-c3cccs3)[nH]n2)CC1. The largest absolute Gasteiger partial charge is 0.336 e. The van der Waals surface area contributed by atoms with E-state index in [2.05, 4.69) is 46.3 Å². The summed E-state index contributed by atoms with van der Waals surface area (Å²) >= 11 is 1.64. The molecule has 1 aliphatic rings. The minimum absolute atomic E-state index is 0.0202. The third-order valence-electron chi connectivity index (χ3n) is 5.11. The molecule has 0 spiro atoms. The number of aryl methyl sites for hydroxylation is 1. The Hall–Kier alpha value is -2.44. The van der Waals surface area contributed by atoms with Gasteiger partial charge in [0.05, 0.1) is 10.6 Å². The molecule has 0 radical (unpaired) electrons. The van der Waals surface area contributed by atoms with E-state index in [4.69, 9.17) is 0 Å². The fourth-order valence-corrected chi connectivity index (χ4v) is 4.20. The van der Waals surface area contributed by atoms with E-state index >= 15 is 0 Å². The highest BCUT2D eigenvalue weighted by Crippen LogP contribution is 2.23. The molecule has 1 fully saturated rings. The number of hydrogen-bond donors (Lipinski definition) is 1. The van der Waals surface area contributed by atoms with Crippen molar-refractivity contribution in [1.82, 2.24) is 20.0 Å². The number of aromatic amines is 1. The summed E-state index contributed by atoms with van der Waals surface area (Å²) in [6, 6.07) is 14.4. The van der Waals surface area contributed by atoms with Gasteiger partial charge in [0.25, 0.3) is 5.91 Å². The van der Waals surface area contributed by atoms with E-state index in [1.165, 1.54) is 11.1 Å². The highest BCUT2D eigenvalue weighted by atomic mass is 32.1. The molecule has 140 valence electrons. The number of benzene rings is 1. The molecule has 4 rings (SSSR count). The molecule has 27 heavy (non-hydrogen) atoms. The third-order valence-corrected chi connectivity index (χ3v) is 6.02. The number of carbonyl (C=O) groups is 1. The average Bonchev–Trinajstić information content (AvgIpc) is 3.32. The van der Waals surface area contributed by atoms with Crippen LogP contribution in [0.15, 0.2) is 47.8 Å². The Kier molecular flexibility index (Phi) is 5.36. The van der Waals surface area contributed by atoms with E-state index in [9.17, 15) is 4.79 Å². The van der Waals surface area contributed by atoms with Gasteiger partial charge in [0.1, 0.15) is 0 Å². The lowest BCUT2D eigenvalue weighted by atomic mass is 10.1. The lowest BCUT2D eigenvalue weighted by molar-refractivity contribution is 0.0755. The first-order valence-electron chi connectivity index (χ1n) is 9.36. The fourth-order valence-electron chi connectivity index (χ4n) is 3.51. The highest BCUT2D eigenvalue weighted by molar-refractivity contribution is 7.13. The van der Waals surface area contributed by atoms with E-state index < -0.39 is 0 Å². The first kappa shape index (κ1) is 17.9. The van der Waals surface area contributed by atoms with Crippen LogP contribution in [0.25, 0.3) is 10.6 Å². The van der Waals surface area contributed by atoms with E-state index in [0.29, 0.717) is 5.69 Å². The summed E-state index contributed by atoms with van der Waals surface area (Å²) < 4.78 is 0. The smallest absolute Gasteiger partial charge is 0.274 e. The van der Waals surface area contributed by atoms with E-state index in [0.717, 1.165) is 49.7 Å². The van der Waals surface area contributed by atoms with Gasteiger partial charge < -0.3 is 4.90 Å². The maximum Gasteiger partial charge on any atom is 0.274 e. The molecule has 1 N–H and O–H groups in total. The number of hydrogen-bond acceptors (Lipinski definition) is 4. The highest BCUT2D eigenvalue weighted by Gasteiger charge is 2.22.